The van der Waals surface area contributed by atoms with Crippen molar-refractivity contribution in [3.8, 4) is 0 Å². The maximum atomic E-state index is 13.0. The number of hydrogen-bond donors (Lipinski definition) is 0. The van der Waals surface area contributed by atoms with Crippen LogP contribution in [0.5, 0.6) is 0 Å². The molecule has 0 aromatic rings. The summed E-state index contributed by atoms with van der Waals surface area (Å²) in [6, 6.07) is 0. The number of ether oxygens (including phenoxy) is 3. The quantitative estimate of drug-likeness (QED) is 0.0261. The Morgan fingerprint density at radius 3 is 0.700 bits per heavy atom. The molecular formula is C74H134O6. The monoisotopic (exact) mass is 1120 g/mol. The van der Waals surface area contributed by atoms with E-state index in [-0.39, 0.29) is 31.1 Å². The van der Waals surface area contributed by atoms with E-state index in [1.54, 1.807) is 0 Å². The molecule has 0 aliphatic carbocycles. The molecular weight excluding hydrogens is 985 g/mol. The molecule has 0 saturated heterocycles. The van der Waals surface area contributed by atoms with E-state index < -0.39 is 6.10 Å². The maximum Gasteiger partial charge on any atom is 0.306 e. The SMILES string of the molecule is CCCCCCC/C=C\C/C=C\C/C=C\CCCCCCCCCCCCC(=O)OCC(COC(=O)CCCCCCCCCCCCCC)OC(=O)CCCCCCCCCCCCCCC/C=C\C/C=C\CCCCCCC. The number of unbranched alkanes of at least 4 members (excludes halogenated alkanes) is 44. The van der Waals surface area contributed by atoms with E-state index in [0.29, 0.717) is 19.3 Å². The molecule has 0 aromatic carbocycles. The molecule has 0 aromatic heterocycles. The molecule has 80 heavy (non-hydrogen) atoms. The Bertz CT molecular complexity index is 1430. The van der Waals surface area contributed by atoms with Gasteiger partial charge in [-0.2, -0.15) is 0 Å². The Morgan fingerprint density at radius 1 is 0.250 bits per heavy atom. The van der Waals surface area contributed by atoms with Crippen LogP contribution in [0.4, 0.5) is 0 Å². The number of hydrogen-bond acceptors (Lipinski definition) is 6. The van der Waals surface area contributed by atoms with Crippen LogP contribution in [0.25, 0.3) is 0 Å². The summed E-state index contributed by atoms with van der Waals surface area (Å²) in [5.41, 5.74) is 0. The van der Waals surface area contributed by atoms with Crippen molar-refractivity contribution in [1.82, 2.24) is 0 Å². The maximum absolute atomic E-state index is 13.0. The van der Waals surface area contributed by atoms with Crippen LogP contribution < -0.4 is 0 Å². The molecule has 0 bridgehead atoms. The van der Waals surface area contributed by atoms with Gasteiger partial charge in [0.25, 0.3) is 0 Å². The van der Waals surface area contributed by atoms with Crippen LogP contribution in [0.1, 0.15) is 374 Å². The van der Waals surface area contributed by atoms with E-state index in [1.807, 2.05) is 0 Å². The zero-order valence-electron chi connectivity index (χ0n) is 53.6. The van der Waals surface area contributed by atoms with Crippen LogP contribution in [-0.4, -0.2) is 37.2 Å². The van der Waals surface area contributed by atoms with Crippen LogP contribution in [0.2, 0.25) is 0 Å². The summed E-state index contributed by atoms with van der Waals surface area (Å²) in [5.74, 6) is -0.854. The van der Waals surface area contributed by atoms with Crippen molar-refractivity contribution in [1.29, 1.82) is 0 Å². The molecule has 0 fully saturated rings. The smallest absolute Gasteiger partial charge is 0.306 e. The molecule has 0 radical (unpaired) electrons. The van der Waals surface area contributed by atoms with Crippen molar-refractivity contribution in [3.05, 3.63) is 60.8 Å². The molecule has 1 atom stereocenters. The summed E-state index contributed by atoms with van der Waals surface area (Å²) < 4.78 is 17.0. The van der Waals surface area contributed by atoms with Gasteiger partial charge in [0.1, 0.15) is 13.2 Å². The first-order valence-electron chi connectivity index (χ1n) is 35.3. The van der Waals surface area contributed by atoms with Gasteiger partial charge in [-0.15, -0.1) is 0 Å². The highest BCUT2D eigenvalue weighted by atomic mass is 16.6. The van der Waals surface area contributed by atoms with Crippen molar-refractivity contribution in [3.63, 3.8) is 0 Å². The van der Waals surface area contributed by atoms with Gasteiger partial charge in [-0.1, -0.05) is 326 Å². The Balaban J connectivity index is 4.25. The molecule has 0 rings (SSSR count). The topological polar surface area (TPSA) is 78.9 Å². The van der Waals surface area contributed by atoms with E-state index in [9.17, 15) is 14.4 Å². The van der Waals surface area contributed by atoms with E-state index in [4.69, 9.17) is 14.2 Å². The van der Waals surface area contributed by atoms with E-state index >= 15 is 0 Å². The predicted octanol–water partition coefficient (Wildman–Crippen LogP) is 24.3. The highest BCUT2D eigenvalue weighted by Crippen LogP contribution is 2.18. The zero-order chi connectivity index (χ0) is 57.8. The van der Waals surface area contributed by atoms with Crippen LogP contribution in [0, 0.1) is 0 Å². The predicted molar refractivity (Wildman–Crippen MR) is 348 cm³/mol. The first-order valence-corrected chi connectivity index (χ1v) is 35.3. The average Bonchev–Trinajstić information content (AvgIpc) is 3.46. The summed E-state index contributed by atoms with van der Waals surface area (Å²) >= 11 is 0. The van der Waals surface area contributed by atoms with Crippen LogP contribution in [0.3, 0.4) is 0 Å². The third kappa shape index (κ3) is 65.9. The molecule has 0 heterocycles. The second-order valence-electron chi connectivity index (χ2n) is 23.8. The van der Waals surface area contributed by atoms with Gasteiger partial charge in [-0.25, -0.2) is 0 Å². The molecule has 6 nitrogen and oxygen atoms in total. The highest BCUT2D eigenvalue weighted by Gasteiger charge is 2.19. The van der Waals surface area contributed by atoms with Crippen molar-refractivity contribution < 1.29 is 28.6 Å². The zero-order valence-corrected chi connectivity index (χ0v) is 53.6. The fourth-order valence-electron chi connectivity index (χ4n) is 10.4. The summed E-state index contributed by atoms with van der Waals surface area (Å²) in [4.78, 5) is 38.4. The van der Waals surface area contributed by atoms with Gasteiger partial charge in [0.2, 0.25) is 0 Å². The van der Waals surface area contributed by atoms with Crippen LogP contribution in [0.15, 0.2) is 60.8 Å². The second-order valence-corrected chi connectivity index (χ2v) is 23.8. The van der Waals surface area contributed by atoms with Gasteiger partial charge in [-0.05, 0) is 89.9 Å². The van der Waals surface area contributed by atoms with Crippen LogP contribution >= 0.6 is 0 Å². The van der Waals surface area contributed by atoms with Crippen molar-refractivity contribution in [2.75, 3.05) is 13.2 Å². The van der Waals surface area contributed by atoms with Crippen molar-refractivity contribution in [2.45, 2.75) is 380 Å². The fraction of sp³-hybridized carbons (Fsp3) is 0.824. The van der Waals surface area contributed by atoms with E-state index in [0.717, 1.165) is 77.0 Å². The number of carbonyl (C=O) groups is 3. The Hall–Kier alpha value is -2.89. The lowest BCUT2D eigenvalue weighted by molar-refractivity contribution is -0.167. The molecule has 0 N–H and O–H groups in total. The van der Waals surface area contributed by atoms with Gasteiger partial charge in [-0.3, -0.25) is 14.4 Å². The fourth-order valence-corrected chi connectivity index (χ4v) is 10.4. The Kier molecular flexibility index (Phi) is 66.1. The molecule has 0 aliphatic rings. The minimum atomic E-state index is -0.775. The molecule has 0 saturated carbocycles. The van der Waals surface area contributed by atoms with Gasteiger partial charge in [0.15, 0.2) is 6.10 Å². The minimum absolute atomic E-state index is 0.0714. The second kappa shape index (κ2) is 68.6. The summed E-state index contributed by atoms with van der Waals surface area (Å²) in [5, 5.41) is 0. The normalized spacial score (nSPS) is 12.4. The van der Waals surface area contributed by atoms with E-state index in [2.05, 4.69) is 81.5 Å². The molecule has 1 unspecified atom stereocenters. The summed E-state index contributed by atoms with van der Waals surface area (Å²) in [7, 11) is 0. The van der Waals surface area contributed by atoms with Crippen molar-refractivity contribution >= 4 is 17.9 Å². The standard InChI is InChI=1S/C74H134O6/c1-4-7-10-13-16-19-22-25-27-29-31-33-35-37-39-41-43-45-47-49-52-55-58-61-64-67-73(76)79-70-71(69-78-72(75)66-63-60-57-54-51-24-21-18-15-12-9-6-3)80-74(77)68-65-62-59-56-53-50-48-46-44-42-40-38-36-34-32-30-28-26-23-20-17-14-11-8-5-2/h22-23,25-26,29-32,35,37,71H,4-21,24,27-28,33-34,36,38-70H2,1-3H3/b25-22-,26-23-,31-29-,32-30-,37-35-. The third-order valence-corrected chi connectivity index (χ3v) is 15.7. The van der Waals surface area contributed by atoms with E-state index in [1.165, 1.54) is 257 Å². The number of esters is 3. The minimum Gasteiger partial charge on any atom is -0.462 e. The number of carbonyl (C=O) groups excluding carboxylic acids is 3. The largest absolute Gasteiger partial charge is 0.462 e. The molecule has 0 spiro atoms. The Labute approximate surface area is 498 Å². The summed E-state index contributed by atoms with van der Waals surface area (Å²) in [6.07, 6.45) is 88.1. The lowest BCUT2D eigenvalue weighted by Crippen LogP contribution is -2.30. The van der Waals surface area contributed by atoms with Gasteiger partial charge >= 0.3 is 17.9 Å². The van der Waals surface area contributed by atoms with Gasteiger partial charge < -0.3 is 14.2 Å². The lowest BCUT2D eigenvalue weighted by Gasteiger charge is -2.18. The molecule has 0 amide bonds. The number of allylic oxidation sites excluding steroid dienone is 10. The van der Waals surface area contributed by atoms with Crippen molar-refractivity contribution in [2.24, 2.45) is 0 Å². The van der Waals surface area contributed by atoms with Gasteiger partial charge in [0, 0.05) is 19.3 Å². The molecule has 466 valence electrons. The first kappa shape index (κ1) is 77.1. The highest BCUT2D eigenvalue weighted by molar-refractivity contribution is 5.71. The van der Waals surface area contributed by atoms with Gasteiger partial charge in [0.05, 0.1) is 0 Å². The molecule has 0 aliphatic heterocycles. The van der Waals surface area contributed by atoms with Crippen LogP contribution in [-0.2, 0) is 28.6 Å². The first-order chi connectivity index (χ1) is 39.5. The average molecular weight is 1120 g/mol. The third-order valence-electron chi connectivity index (χ3n) is 15.7. The summed E-state index contributed by atoms with van der Waals surface area (Å²) in [6.45, 7) is 6.67. The molecule has 6 heteroatoms. The number of rotatable bonds is 65. The lowest BCUT2D eigenvalue weighted by atomic mass is 10.0. The Morgan fingerprint density at radius 2 is 0.450 bits per heavy atom.